The molecule has 0 aromatic heterocycles. The van der Waals surface area contributed by atoms with Gasteiger partial charge in [0.1, 0.15) is 0 Å². The molecule has 108 valence electrons. The maximum atomic E-state index is 12.2. The van der Waals surface area contributed by atoms with Crippen LogP contribution in [0.2, 0.25) is 5.02 Å². The Hall–Kier alpha value is -1.59. The van der Waals surface area contributed by atoms with Gasteiger partial charge >= 0.3 is 5.97 Å². The Kier molecular flexibility index (Phi) is 4.62. The predicted octanol–water partition coefficient (Wildman–Crippen LogP) is 2.49. The number of amides is 1. The van der Waals surface area contributed by atoms with Crippen LogP contribution in [0.3, 0.4) is 0 Å². The Morgan fingerprint density at radius 2 is 2.00 bits per heavy atom. The van der Waals surface area contributed by atoms with Gasteiger partial charge in [-0.2, -0.15) is 0 Å². The largest absolute Gasteiger partial charge is 0.478 e. The van der Waals surface area contributed by atoms with Crippen LogP contribution in [-0.2, 0) is 4.79 Å². The van der Waals surface area contributed by atoms with E-state index in [4.69, 9.17) is 22.4 Å². The lowest BCUT2D eigenvalue weighted by Gasteiger charge is -2.27. The number of carbonyl (C=O) groups excluding carboxylic acids is 1. The van der Waals surface area contributed by atoms with E-state index >= 15 is 0 Å². The van der Waals surface area contributed by atoms with Crippen LogP contribution in [-0.4, -0.2) is 23.0 Å². The van der Waals surface area contributed by atoms with E-state index in [1.165, 1.54) is 12.1 Å². The van der Waals surface area contributed by atoms with Crippen molar-refractivity contribution in [3.8, 4) is 0 Å². The number of nitrogens with two attached hydrogens (primary N) is 1. The highest BCUT2D eigenvalue weighted by Gasteiger charge is 2.28. The molecule has 1 aliphatic carbocycles. The number of carbonyl (C=O) groups is 2. The minimum absolute atomic E-state index is 0.0302. The van der Waals surface area contributed by atoms with Gasteiger partial charge in [0.2, 0.25) is 5.91 Å². The van der Waals surface area contributed by atoms with Gasteiger partial charge in [0, 0.05) is 11.7 Å². The number of carboxylic acids is 1. The van der Waals surface area contributed by atoms with Crippen LogP contribution in [0.25, 0.3) is 0 Å². The van der Waals surface area contributed by atoms with Crippen LogP contribution in [0.15, 0.2) is 18.2 Å². The lowest BCUT2D eigenvalue weighted by atomic mass is 9.84. The van der Waals surface area contributed by atoms with Crippen LogP contribution in [0, 0.1) is 5.92 Å². The second-order valence-electron chi connectivity index (χ2n) is 5.04. The SMILES string of the molecule is NC1CCCCC1C(=O)Nc1ccc(Cl)c(C(=O)O)c1. The molecule has 5 nitrogen and oxygen atoms in total. The molecule has 0 aliphatic heterocycles. The monoisotopic (exact) mass is 296 g/mol. The minimum Gasteiger partial charge on any atom is -0.478 e. The van der Waals surface area contributed by atoms with Gasteiger partial charge in [0.25, 0.3) is 0 Å². The fourth-order valence-corrected chi connectivity index (χ4v) is 2.69. The zero-order chi connectivity index (χ0) is 14.7. The molecule has 1 aromatic carbocycles. The summed E-state index contributed by atoms with van der Waals surface area (Å²) in [5, 5.41) is 11.9. The van der Waals surface area contributed by atoms with E-state index in [1.54, 1.807) is 6.07 Å². The van der Waals surface area contributed by atoms with Crippen LogP contribution >= 0.6 is 11.6 Å². The zero-order valence-electron chi connectivity index (χ0n) is 10.9. The van der Waals surface area contributed by atoms with Crippen molar-refractivity contribution < 1.29 is 14.7 Å². The van der Waals surface area contributed by atoms with Crippen molar-refractivity contribution in [3.05, 3.63) is 28.8 Å². The van der Waals surface area contributed by atoms with Gasteiger partial charge in [0.05, 0.1) is 16.5 Å². The third-order valence-electron chi connectivity index (χ3n) is 3.62. The number of benzene rings is 1. The van der Waals surface area contributed by atoms with Gasteiger partial charge in [-0.1, -0.05) is 24.4 Å². The Labute approximate surface area is 122 Å². The minimum atomic E-state index is -1.12. The number of nitrogens with one attached hydrogen (secondary N) is 1. The summed E-state index contributed by atoms with van der Waals surface area (Å²) >= 11 is 5.79. The molecule has 1 aliphatic rings. The van der Waals surface area contributed by atoms with Crippen LogP contribution in [0.5, 0.6) is 0 Å². The maximum Gasteiger partial charge on any atom is 0.337 e. The molecule has 1 amide bonds. The number of rotatable bonds is 3. The third-order valence-corrected chi connectivity index (χ3v) is 3.95. The Balaban J connectivity index is 2.11. The van der Waals surface area contributed by atoms with Crippen molar-refractivity contribution in [2.24, 2.45) is 11.7 Å². The molecule has 4 N–H and O–H groups in total. The molecule has 0 saturated heterocycles. The summed E-state index contributed by atoms with van der Waals surface area (Å²) in [5.74, 6) is -1.50. The molecule has 1 saturated carbocycles. The first-order valence-corrected chi connectivity index (χ1v) is 6.96. The van der Waals surface area contributed by atoms with Gasteiger partial charge in [-0.3, -0.25) is 4.79 Å². The van der Waals surface area contributed by atoms with Gasteiger partial charge < -0.3 is 16.2 Å². The summed E-state index contributed by atoms with van der Waals surface area (Å²) in [7, 11) is 0. The first-order valence-electron chi connectivity index (χ1n) is 6.58. The van der Waals surface area contributed by atoms with Crippen molar-refractivity contribution in [1.29, 1.82) is 0 Å². The summed E-state index contributed by atoms with van der Waals surface area (Å²) < 4.78 is 0. The van der Waals surface area contributed by atoms with E-state index in [1.807, 2.05) is 0 Å². The van der Waals surface area contributed by atoms with Crippen LogP contribution < -0.4 is 11.1 Å². The average molecular weight is 297 g/mol. The fourth-order valence-electron chi connectivity index (χ4n) is 2.49. The Bertz CT molecular complexity index is 533. The molecular weight excluding hydrogens is 280 g/mol. The van der Waals surface area contributed by atoms with E-state index in [0.717, 1.165) is 25.7 Å². The number of carboxylic acid groups (broad SMARTS) is 1. The lowest BCUT2D eigenvalue weighted by molar-refractivity contribution is -0.121. The highest BCUT2D eigenvalue weighted by Crippen LogP contribution is 2.25. The average Bonchev–Trinajstić information content (AvgIpc) is 2.41. The van der Waals surface area contributed by atoms with E-state index in [0.29, 0.717) is 5.69 Å². The molecule has 2 rings (SSSR count). The molecule has 1 aromatic rings. The smallest absolute Gasteiger partial charge is 0.337 e. The molecule has 1 fully saturated rings. The number of halogens is 1. The zero-order valence-corrected chi connectivity index (χ0v) is 11.7. The summed E-state index contributed by atoms with van der Waals surface area (Å²) in [6.45, 7) is 0. The van der Waals surface area contributed by atoms with Gasteiger partial charge in [-0.25, -0.2) is 4.79 Å². The van der Waals surface area contributed by atoms with E-state index in [2.05, 4.69) is 5.32 Å². The summed E-state index contributed by atoms with van der Waals surface area (Å²) in [5.41, 5.74) is 6.36. The second kappa shape index (κ2) is 6.24. The van der Waals surface area contributed by atoms with E-state index in [-0.39, 0.29) is 28.5 Å². The maximum absolute atomic E-state index is 12.2. The molecular formula is C14H17ClN2O3. The molecule has 0 radical (unpaired) electrons. The Morgan fingerprint density at radius 3 is 2.65 bits per heavy atom. The predicted molar refractivity (Wildman–Crippen MR) is 77.0 cm³/mol. The van der Waals surface area contributed by atoms with Crippen molar-refractivity contribution in [3.63, 3.8) is 0 Å². The molecule has 0 bridgehead atoms. The van der Waals surface area contributed by atoms with Crippen molar-refractivity contribution in [2.75, 3.05) is 5.32 Å². The lowest BCUT2D eigenvalue weighted by Crippen LogP contribution is -2.40. The normalized spacial score (nSPS) is 22.3. The first kappa shape index (κ1) is 14.8. The van der Waals surface area contributed by atoms with Crippen LogP contribution in [0.1, 0.15) is 36.0 Å². The Morgan fingerprint density at radius 1 is 1.30 bits per heavy atom. The first-order chi connectivity index (χ1) is 9.49. The number of aromatic carboxylic acids is 1. The standard InChI is InChI=1S/C14H17ClN2O3/c15-11-6-5-8(7-10(11)14(19)20)17-13(18)9-3-1-2-4-12(9)16/h5-7,9,12H,1-4,16H2,(H,17,18)(H,19,20). The molecule has 0 heterocycles. The van der Waals surface area contributed by atoms with E-state index in [9.17, 15) is 9.59 Å². The number of hydrogen-bond acceptors (Lipinski definition) is 3. The molecule has 0 spiro atoms. The van der Waals surface area contributed by atoms with E-state index < -0.39 is 5.97 Å². The third kappa shape index (κ3) is 3.29. The van der Waals surface area contributed by atoms with Crippen molar-refractivity contribution in [2.45, 2.75) is 31.7 Å². The highest BCUT2D eigenvalue weighted by molar-refractivity contribution is 6.33. The molecule has 6 heteroatoms. The van der Waals surface area contributed by atoms with Gasteiger partial charge in [0.15, 0.2) is 0 Å². The van der Waals surface area contributed by atoms with Crippen molar-refractivity contribution in [1.82, 2.24) is 0 Å². The second-order valence-corrected chi connectivity index (χ2v) is 5.45. The quantitative estimate of drug-likeness (QED) is 0.799. The summed E-state index contributed by atoms with van der Waals surface area (Å²) in [6.07, 6.45) is 3.66. The topological polar surface area (TPSA) is 92.4 Å². The number of anilines is 1. The van der Waals surface area contributed by atoms with Gasteiger partial charge in [-0.15, -0.1) is 0 Å². The molecule has 20 heavy (non-hydrogen) atoms. The van der Waals surface area contributed by atoms with Crippen molar-refractivity contribution >= 4 is 29.2 Å². The summed E-state index contributed by atoms with van der Waals surface area (Å²) in [4.78, 5) is 23.2. The molecule has 2 unspecified atom stereocenters. The summed E-state index contributed by atoms with van der Waals surface area (Å²) in [6, 6.07) is 4.27. The van der Waals surface area contributed by atoms with Gasteiger partial charge in [-0.05, 0) is 31.0 Å². The highest BCUT2D eigenvalue weighted by atomic mass is 35.5. The number of hydrogen-bond donors (Lipinski definition) is 3. The molecule has 2 atom stereocenters. The van der Waals surface area contributed by atoms with Crippen LogP contribution in [0.4, 0.5) is 5.69 Å². The fraction of sp³-hybridized carbons (Fsp3) is 0.429.